The molecule has 0 saturated heterocycles. The second-order valence-electron chi connectivity index (χ2n) is 3.40. The summed E-state index contributed by atoms with van der Waals surface area (Å²) in [5, 5.41) is 0.721. The maximum absolute atomic E-state index is 6.05. The van der Waals surface area contributed by atoms with Crippen molar-refractivity contribution < 1.29 is 0 Å². The van der Waals surface area contributed by atoms with Crippen molar-refractivity contribution in [1.29, 1.82) is 0 Å². The van der Waals surface area contributed by atoms with Crippen LogP contribution in [0.15, 0.2) is 23.8 Å². The first-order chi connectivity index (χ1) is 7.02. The molecule has 0 heterocycles. The van der Waals surface area contributed by atoms with Crippen molar-refractivity contribution in [2.45, 2.75) is 34.6 Å². The highest BCUT2D eigenvalue weighted by atomic mass is 35.5. The van der Waals surface area contributed by atoms with Crippen LogP contribution in [-0.4, -0.2) is 0 Å². The third kappa shape index (κ3) is 3.96. The molecule has 0 aliphatic rings. The zero-order chi connectivity index (χ0) is 12.0. The van der Waals surface area contributed by atoms with Gasteiger partial charge in [0, 0.05) is 11.3 Å². The number of allylic oxidation sites excluding steroid dienone is 1. The van der Waals surface area contributed by atoms with Gasteiger partial charge in [-0.1, -0.05) is 43.2 Å². The van der Waals surface area contributed by atoms with Gasteiger partial charge in [-0.2, -0.15) is 0 Å². The maximum atomic E-state index is 6.05. The minimum Gasteiger partial charge on any atom is -0.398 e. The summed E-state index contributed by atoms with van der Waals surface area (Å²) in [7, 11) is 0. The largest absolute Gasteiger partial charge is 0.398 e. The van der Waals surface area contributed by atoms with Crippen molar-refractivity contribution in [2.75, 3.05) is 0 Å². The number of aryl methyl sites for hydroxylation is 1. The monoisotopic (exact) mass is 225 g/mol. The number of rotatable bonds is 1. The van der Waals surface area contributed by atoms with Crippen LogP contribution in [0.3, 0.4) is 0 Å². The van der Waals surface area contributed by atoms with Gasteiger partial charge >= 0.3 is 0 Å². The summed E-state index contributed by atoms with van der Waals surface area (Å²) < 4.78 is 0. The molecule has 15 heavy (non-hydrogen) atoms. The standard InChI is InChI=1S/C11H14ClN.C2H6/c1-7(2)11(13)9-5-4-8(3)6-10(9)12;1-2/h4-6H,13H2,1-3H3;1-2H3. The number of benzene rings is 1. The van der Waals surface area contributed by atoms with Gasteiger partial charge in [-0.3, -0.25) is 0 Å². The lowest BCUT2D eigenvalue weighted by molar-refractivity contribution is 1.33. The molecule has 0 bridgehead atoms. The fraction of sp³-hybridized carbons (Fsp3) is 0.385. The third-order valence-electron chi connectivity index (χ3n) is 1.95. The third-order valence-corrected chi connectivity index (χ3v) is 2.27. The summed E-state index contributed by atoms with van der Waals surface area (Å²) in [6, 6.07) is 5.89. The lowest BCUT2D eigenvalue weighted by Crippen LogP contribution is -1.99. The number of nitrogens with two attached hydrogens (primary N) is 1. The minimum absolute atomic E-state index is 0.721. The summed E-state index contributed by atoms with van der Waals surface area (Å²) in [5.41, 5.74) is 9.81. The van der Waals surface area contributed by atoms with Crippen LogP contribution < -0.4 is 5.73 Å². The number of hydrogen-bond acceptors (Lipinski definition) is 1. The van der Waals surface area contributed by atoms with E-state index in [1.165, 1.54) is 0 Å². The molecular formula is C13H20ClN. The summed E-state index contributed by atoms with van der Waals surface area (Å²) in [4.78, 5) is 0. The van der Waals surface area contributed by atoms with E-state index >= 15 is 0 Å². The molecule has 0 aliphatic carbocycles. The van der Waals surface area contributed by atoms with E-state index in [0.717, 1.165) is 27.4 Å². The quantitative estimate of drug-likeness (QED) is 0.754. The molecule has 1 rings (SSSR count). The van der Waals surface area contributed by atoms with Crippen molar-refractivity contribution in [1.82, 2.24) is 0 Å². The van der Waals surface area contributed by atoms with Crippen LogP contribution in [0.5, 0.6) is 0 Å². The zero-order valence-electron chi connectivity index (χ0n) is 10.2. The zero-order valence-corrected chi connectivity index (χ0v) is 10.9. The molecule has 0 unspecified atom stereocenters. The molecule has 0 aromatic heterocycles. The normalized spacial score (nSPS) is 8.93. The molecule has 0 spiro atoms. The average Bonchev–Trinajstić information content (AvgIpc) is 2.20. The lowest BCUT2D eigenvalue weighted by atomic mass is 10.1. The smallest absolute Gasteiger partial charge is 0.0501 e. The molecule has 0 amide bonds. The lowest BCUT2D eigenvalue weighted by Gasteiger charge is -2.07. The first-order valence-electron chi connectivity index (χ1n) is 5.22. The molecule has 0 fully saturated rings. The second kappa shape index (κ2) is 6.52. The molecule has 1 aromatic rings. The predicted molar refractivity (Wildman–Crippen MR) is 70.0 cm³/mol. The summed E-state index contributed by atoms with van der Waals surface area (Å²) in [6.45, 7) is 9.96. The first-order valence-corrected chi connectivity index (χ1v) is 5.59. The Balaban J connectivity index is 0.000000921. The van der Waals surface area contributed by atoms with Gasteiger partial charge in [-0.25, -0.2) is 0 Å². The van der Waals surface area contributed by atoms with E-state index < -0.39 is 0 Å². The molecule has 0 saturated carbocycles. The first kappa shape index (κ1) is 14.1. The SMILES string of the molecule is CC.CC(C)=C(N)c1ccc(C)cc1Cl. The molecular weight excluding hydrogens is 206 g/mol. The topological polar surface area (TPSA) is 26.0 Å². The van der Waals surface area contributed by atoms with Crippen LogP contribution in [0.2, 0.25) is 5.02 Å². The van der Waals surface area contributed by atoms with Crippen molar-refractivity contribution in [3.8, 4) is 0 Å². The van der Waals surface area contributed by atoms with Crippen LogP contribution in [0.1, 0.15) is 38.8 Å². The Morgan fingerprint density at radius 2 is 1.73 bits per heavy atom. The van der Waals surface area contributed by atoms with Gasteiger partial charge in [-0.15, -0.1) is 0 Å². The minimum atomic E-state index is 0.721. The van der Waals surface area contributed by atoms with E-state index in [2.05, 4.69) is 0 Å². The van der Waals surface area contributed by atoms with Gasteiger partial charge in [0.2, 0.25) is 0 Å². The van der Waals surface area contributed by atoms with E-state index in [1.54, 1.807) is 0 Å². The van der Waals surface area contributed by atoms with Gasteiger partial charge in [0.1, 0.15) is 0 Å². The van der Waals surface area contributed by atoms with Crippen molar-refractivity contribution in [2.24, 2.45) is 5.73 Å². The Labute approximate surface area is 97.9 Å². The van der Waals surface area contributed by atoms with Crippen LogP contribution in [0, 0.1) is 6.92 Å². The fourth-order valence-electron chi connectivity index (χ4n) is 1.11. The highest BCUT2D eigenvalue weighted by Crippen LogP contribution is 2.23. The Kier molecular flexibility index (Phi) is 6.11. The summed E-state index contributed by atoms with van der Waals surface area (Å²) in [6.07, 6.45) is 0. The molecule has 84 valence electrons. The van der Waals surface area contributed by atoms with Crippen LogP contribution in [0.4, 0.5) is 0 Å². The van der Waals surface area contributed by atoms with Crippen molar-refractivity contribution in [3.63, 3.8) is 0 Å². The molecule has 0 aliphatic heterocycles. The highest BCUT2D eigenvalue weighted by molar-refractivity contribution is 6.32. The van der Waals surface area contributed by atoms with E-state index in [-0.39, 0.29) is 0 Å². The summed E-state index contributed by atoms with van der Waals surface area (Å²) >= 11 is 6.05. The van der Waals surface area contributed by atoms with E-state index in [1.807, 2.05) is 52.8 Å². The Morgan fingerprint density at radius 3 is 2.13 bits per heavy atom. The molecule has 0 radical (unpaired) electrons. The Bertz CT molecular complexity index is 350. The Hall–Kier alpha value is -0.950. The number of hydrogen-bond donors (Lipinski definition) is 1. The predicted octanol–water partition coefficient (Wildman–Crippen LogP) is 4.38. The summed E-state index contributed by atoms with van der Waals surface area (Å²) in [5.74, 6) is 0. The van der Waals surface area contributed by atoms with Gasteiger partial charge in [0.25, 0.3) is 0 Å². The highest BCUT2D eigenvalue weighted by Gasteiger charge is 2.03. The van der Waals surface area contributed by atoms with Gasteiger partial charge in [0.05, 0.1) is 5.02 Å². The second-order valence-corrected chi connectivity index (χ2v) is 3.80. The fourth-order valence-corrected chi connectivity index (χ4v) is 1.44. The average molecular weight is 226 g/mol. The van der Waals surface area contributed by atoms with E-state index in [9.17, 15) is 0 Å². The van der Waals surface area contributed by atoms with Gasteiger partial charge in [-0.05, 0) is 32.4 Å². The Morgan fingerprint density at radius 1 is 1.20 bits per heavy atom. The molecule has 1 nitrogen and oxygen atoms in total. The molecule has 2 N–H and O–H groups in total. The van der Waals surface area contributed by atoms with Crippen LogP contribution in [0.25, 0.3) is 5.70 Å². The number of halogens is 1. The van der Waals surface area contributed by atoms with Gasteiger partial charge in [0.15, 0.2) is 0 Å². The van der Waals surface area contributed by atoms with E-state index in [4.69, 9.17) is 17.3 Å². The van der Waals surface area contributed by atoms with Crippen LogP contribution >= 0.6 is 11.6 Å². The maximum Gasteiger partial charge on any atom is 0.0501 e. The molecule has 1 aromatic carbocycles. The van der Waals surface area contributed by atoms with E-state index in [0.29, 0.717) is 0 Å². The molecule has 0 atom stereocenters. The van der Waals surface area contributed by atoms with Crippen molar-refractivity contribution in [3.05, 3.63) is 39.9 Å². The molecule has 2 heteroatoms. The van der Waals surface area contributed by atoms with Crippen LogP contribution in [-0.2, 0) is 0 Å². The van der Waals surface area contributed by atoms with Gasteiger partial charge < -0.3 is 5.73 Å². The van der Waals surface area contributed by atoms with Crippen molar-refractivity contribution >= 4 is 17.3 Å².